The van der Waals surface area contributed by atoms with Crippen LogP contribution in [0.25, 0.3) is 0 Å². The largest absolute Gasteiger partial charge is 0.364 e. The maximum absolute atomic E-state index is 11.8. The molecule has 1 atom stereocenters. The lowest BCUT2D eigenvalue weighted by atomic mass is 10.1. The van der Waals surface area contributed by atoms with Crippen molar-refractivity contribution in [1.29, 1.82) is 0 Å². The first-order valence-electron chi connectivity index (χ1n) is 5.45. The summed E-state index contributed by atoms with van der Waals surface area (Å²) in [6.07, 6.45) is 1.60. The van der Waals surface area contributed by atoms with Gasteiger partial charge in [-0.3, -0.25) is 9.59 Å². The molecule has 1 amide bonds. The van der Waals surface area contributed by atoms with Crippen LogP contribution in [0.15, 0.2) is 34.4 Å². The first-order chi connectivity index (χ1) is 8.66. The molecule has 0 aliphatic rings. The van der Waals surface area contributed by atoms with Crippen LogP contribution in [-0.4, -0.2) is 22.9 Å². The van der Waals surface area contributed by atoms with Crippen molar-refractivity contribution in [3.63, 3.8) is 0 Å². The van der Waals surface area contributed by atoms with Crippen molar-refractivity contribution >= 4 is 23.0 Å². The maximum atomic E-state index is 11.8. The minimum atomic E-state index is -0.338. The highest BCUT2D eigenvalue weighted by molar-refractivity contribution is 7.12. The van der Waals surface area contributed by atoms with E-state index in [0.29, 0.717) is 4.88 Å². The predicted octanol–water partition coefficient (Wildman–Crippen LogP) is 2.13. The topological polar surface area (TPSA) is 72.2 Å². The Bertz CT molecular complexity index is 471. The minimum absolute atomic E-state index is 0.0259. The van der Waals surface area contributed by atoms with Crippen molar-refractivity contribution in [2.75, 3.05) is 0 Å². The van der Waals surface area contributed by atoms with Crippen molar-refractivity contribution < 1.29 is 14.1 Å². The molecule has 18 heavy (non-hydrogen) atoms. The molecule has 0 aromatic carbocycles. The average Bonchev–Trinajstić information content (AvgIpc) is 3.02. The van der Waals surface area contributed by atoms with E-state index in [1.807, 2.05) is 11.4 Å². The van der Waals surface area contributed by atoms with Crippen molar-refractivity contribution in [1.82, 2.24) is 10.5 Å². The minimum Gasteiger partial charge on any atom is -0.364 e. The van der Waals surface area contributed by atoms with Gasteiger partial charge in [-0.15, -0.1) is 11.3 Å². The number of amides is 1. The molecule has 2 aromatic heterocycles. The van der Waals surface area contributed by atoms with Crippen LogP contribution < -0.4 is 5.32 Å². The van der Waals surface area contributed by atoms with Crippen LogP contribution in [0.2, 0.25) is 0 Å². The third-order valence-corrected chi connectivity index (χ3v) is 3.25. The standard InChI is InChI=1S/C12H12N2O3S/c1-8(7-10(15)11-3-2-6-18-11)13-12(16)9-4-5-17-14-9/h2-6,8H,7H2,1H3,(H,13,16). The summed E-state index contributed by atoms with van der Waals surface area (Å²) in [5.74, 6) is -0.312. The lowest BCUT2D eigenvalue weighted by Gasteiger charge is -2.11. The van der Waals surface area contributed by atoms with Crippen molar-refractivity contribution in [2.24, 2.45) is 0 Å². The predicted molar refractivity (Wildman–Crippen MR) is 66.7 cm³/mol. The van der Waals surface area contributed by atoms with Crippen LogP contribution in [0.1, 0.15) is 33.5 Å². The van der Waals surface area contributed by atoms with Crippen LogP contribution in [0.4, 0.5) is 0 Å². The molecular weight excluding hydrogens is 252 g/mol. The number of nitrogens with one attached hydrogen (secondary N) is 1. The van der Waals surface area contributed by atoms with E-state index in [1.54, 1.807) is 13.0 Å². The fourth-order valence-electron chi connectivity index (χ4n) is 1.49. The van der Waals surface area contributed by atoms with E-state index in [2.05, 4.69) is 15.0 Å². The zero-order valence-corrected chi connectivity index (χ0v) is 10.6. The Balaban J connectivity index is 1.87. The normalized spacial score (nSPS) is 12.1. The molecule has 1 N–H and O–H groups in total. The van der Waals surface area contributed by atoms with E-state index in [-0.39, 0.29) is 29.8 Å². The molecule has 2 aromatic rings. The summed E-state index contributed by atoms with van der Waals surface area (Å²) < 4.78 is 4.58. The summed E-state index contributed by atoms with van der Waals surface area (Å²) in [7, 11) is 0. The highest BCUT2D eigenvalue weighted by Crippen LogP contribution is 2.12. The second-order valence-electron chi connectivity index (χ2n) is 3.86. The van der Waals surface area contributed by atoms with E-state index in [0.717, 1.165) is 0 Å². The number of hydrogen-bond donors (Lipinski definition) is 1. The second-order valence-corrected chi connectivity index (χ2v) is 4.81. The quantitative estimate of drug-likeness (QED) is 0.840. The fraction of sp³-hybridized carbons (Fsp3) is 0.250. The zero-order chi connectivity index (χ0) is 13.0. The number of nitrogens with zero attached hydrogens (tertiary/aromatic N) is 1. The number of hydrogen-bond acceptors (Lipinski definition) is 5. The Kier molecular flexibility index (Phi) is 3.88. The first kappa shape index (κ1) is 12.5. The second kappa shape index (κ2) is 5.59. The van der Waals surface area contributed by atoms with Crippen molar-refractivity contribution in [3.8, 4) is 0 Å². The summed E-state index contributed by atoms with van der Waals surface area (Å²) in [6, 6.07) is 4.84. The SMILES string of the molecule is CC(CC(=O)c1cccs1)NC(=O)c1ccon1. The van der Waals surface area contributed by atoms with Crippen molar-refractivity contribution in [2.45, 2.75) is 19.4 Å². The van der Waals surface area contributed by atoms with Crippen LogP contribution >= 0.6 is 11.3 Å². The van der Waals surface area contributed by atoms with Crippen LogP contribution in [0.3, 0.4) is 0 Å². The Labute approximate surface area is 108 Å². The summed E-state index contributed by atoms with van der Waals surface area (Å²) >= 11 is 1.40. The lowest BCUT2D eigenvalue weighted by Crippen LogP contribution is -2.34. The van der Waals surface area contributed by atoms with Crippen LogP contribution in [-0.2, 0) is 0 Å². The van der Waals surface area contributed by atoms with Gasteiger partial charge >= 0.3 is 0 Å². The summed E-state index contributed by atoms with van der Waals surface area (Å²) in [4.78, 5) is 24.2. The number of thiophene rings is 1. The lowest BCUT2D eigenvalue weighted by molar-refractivity contribution is 0.0912. The summed E-state index contributed by atoms with van der Waals surface area (Å²) in [6.45, 7) is 1.78. The Morgan fingerprint density at radius 3 is 2.94 bits per heavy atom. The molecule has 2 heterocycles. The van der Waals surface area contributed by atoms with Gasteiger partial charge in [0.15, 0.2) is 11.5 Å². The van der Waals surface area contributed by atoms with E-state index in [4.69, 9.17) is 0 Å². The highest BCUT2D eigenvalue weighted by Gasteiger charge is 2.16. The molecule has 0 spiro atoms. The van der Waals surface area contributed by atoms with Gasteiger partial charge in [0.1, 0.15) is 6.26 Å². The van der Waals surface area contributed by atoms with Gasteiger partial charge in [0.05, 0.1) is 4.88 Å². The average molecular weight is 264 g/mol. The molecule has 5 nitrogen and oxygen atoms in total. The molecule has 94 valence electrons. The Morgan fingerprint density at radius 2 is 2.33 bits per heavy atom. The molecule has 0 saturated heterocycles. The molecule has 0 aliphatic heterocycles. The van der Waals surface area contributed by atoms with Gasteiger partial charge in [-0.25, -0.2) is 0 Å². The van der Waals surface area contributed by atoms with E-state index < -0.39 is 0 Å². The molecule has 0 fully saturated rings. The Morgan fingerprint density at radius 1 is 1.50 bits per heavy atom. The number of rotatable bonds is 5. The van der Waals surface area contributed by atoms with Gasteiger partial charge in [-0.2, -0.15) is 0 Å². The van der Waals surface area contributed by atoms with E-state index >= 15 is 0 Å². The van der Waals surface area contributed by atoms with E-state index in [1.165, 1.54) is 23.7 Å². The van der Waals surface area contributed by atoms with Gasteiger partial charge < -0.3 is 9.84 Å². The van der Waals surface area contributed by atoms with Gasteiger partial charge in [0.2, 0.25) is 0 Å². The zero-order valence-electron chi connectivity index (χ0n) is 9.75. The number of ketones is 1. The van der Waals surface area contributed by atoms with Crippen molar-refractivity contribution in [3.05, 3.63) is 40.4 Å². The monoisotopic (exact) mass is 264 g/mol. The third-order valence-electron chi connectivity index (χ3n) is 2.34. The molecule has 1 unspecified atom stereocenters. The highest BCUT2D eigenvalue weighted by atomic mass is 32.1. The van der Waals surface area contributed by atoms with E-state index in [9.17, 15) is 9.59 Å². The number of carbonyl (C=O) groups is 2. The third kappa shape index (κ3) is 3.04. The Hall–Kier alpha value is -1.95. The van der Waals surface area contributed by atoms with Crippen LogP contribution in [0.5, 0.6) is 0 Å². The molecule has 0 radical (unpaired) electrons. The number of aromatic nitrogens is 1. The summed E-state index contributed by atoms with van der Waals surface area (Å²) in [5.41, 5.74) is 0.213. The molecule has 0 saturated carbocycles. The van der Waals surface area contributed by atoms with Crippen LogP contribution in [0, 0.1) is 0 Å². The number of Topliss-reactive ketones (excluding diaryl/α,β-unsaturated/α-hetero) is 1. The van der Waals surface area contributed by atoms with Gasteiger partial charge in [-0.1, -0.05) is 11.2 Å². The smallest absolute Gasteiger partial charge is 0.273 e. The molecule has 0 aliphatic carbocycles. The van der Waals surface area contributed by atoms with Gasteiger partial charge in [0, 0.05) is 18.5 Å². The van der Waals surface area contributed by atoms with Gasteiger partial charge in [0.25, 0.3) is 5.91 Å². The summed E-state index contributed by atoms with van der Waals surface area (Å²) in [5, 5.41) is 8.08. The molecular formula is C12H12N2O3S. The molecule has 6 heteroatoms. The van der Waals surface area contributed by atoms with Gasteiger partial charge in [-0.05, 0) is 18.4 Å². The molecule has 0 bridgehead atoms. The fourth-order valence-corrected chi connectivity index (χ4v) is 2.17. The maximum Gasteiger partial charge on any atom is 0.273 e. The first-order valence-corrected chi connectivity index (χ1v) is 6.32. The molecule has 2 rings (SSSR count). The number of carbonyl (C=O) groups excluding carboxylic acids is 2.